The van der Waals surface area contributed by atoms with Gasteiger partial charge in [-0.05, 0) is 13.3 Å². The first-order valence-electron chi connectivity index (χ1n) is 6.81. The number of thiazole rings is 1. The molecule has 1 atom stereocenters. The lowest BCUT2D eigenvalue weighted by Crippen LogP contribution is -2.41. The molecule has 0 bridgehead atoms. The van der Waals surface area contributed by atoms with E-state index in [1.54, 1.807) is 11.3 Å². The van der Waals surface area contributed by atoms with Crippen molar-refractivity contribution in [3.63, 3.8) is 0 Å². The average Bonchev–Trinajstić information content (AvgIpc) is 2.81. The molecule has 1 unspecified atom stereocenters. The molecule has 0 aliphatic heterocycles. The quantitative estimate of drug-likeness (QED) is 0.843. The van der Waals surface area contributed by atoms with Crippen LogP contribution in [0.5, 0.6) is 0 Å². The Hall–Kier alpha value is -0.940. The van der Waals surface area contributed by atoms with Gasteiger partial charge >= 0.3 is 0 Å². The van der Waals surface area contributed by atoms with Crippen molar-refractivity contribution in [2.75, 3.05) is 6.54 Å². The van der Waals surface area contributed by atoms with E-state index in [1.807, 2.05) is 20.0 Å². The monoisotopic (exact) mass is 283 g/mol. The van der Waals surface area contributed by atoms with Crippen molar-refractivity contribution in [2.24, 2.45) is 0 Å². The number of nitrogens with one attached hydrogen (secondary N) is 2. The van der Waals surface area contributed by atoms with Crippen LogP contribution in [-0.2, 0) is 16.8 Å². The number of aromatic nitrogens is 1. The highest BCUT2D eigenvalue weighted by atomic mass is 32.1. The fraction of sp³-hybridized carbons (Fsp3) is 0.714. The zero-order chi connectivity index (χ0) is 14.5. The lowest BCUT2D eigenvalue weighted by molar-refractivity contribution is -0.122. The second kappa shape index (κ2) is 7.01. The maximum absolute atomic E-state index is 11.7. The van der Waals surface area contributed by atoms with Crippen molar-refractivity contribution in [3.05, 3.63) is 16.1 Å². The molecule has 1 amide bonds. The summed E-state index contributed by atoms with van der Waals surface area (Å²) in [6, 6.07) is -0.174. The Morgan fingerprint density at radius 3 is 2.68 bits per heavy atom. The highest BCUT2D eigenvalue weighted by Crippen LogP contribution is 2.26. The van der Waals surface area contributed by atoms with Crippen LogP contribution in [0.4, 0.5) is 0 Å². The van der Waals surface area contributed by atoms with Crippen LogP contribution in [0.3, 0.4) is 0 Å². The average molecular weight is 283 g/mol. The number of carbonyl (C=O) groups is 1. The fourth-order valence-corrected chi connectivity index (χ4v) is 2.40. The topological polar surface area (TPSA) is 54.0 Å². The van der Waals surface area contributed by atoms with E-state index in [2.05, 4.69) is 36.4 Å². The molecule has 108 valence electrons. The molecule has 1 aromatic heterocycles. The van der Waals surface area contributed by atoms with E-state index in [4.69, 9.17) is 0 Å². The third-order valence-electron chi connectivity index (χ3n) is 2.72. The van der Waals surface area contributed by atoms with Gasteiger partial charge in [-0.3, -0.25) is 4.79 Å². The minimum atomic E-state index is -0.174. The Balaban J connectivity index is 2.44. The molecule has 0 fully saturated rings. The lowest BCUT2D eigenvalue weighted by atomic mass is 9.98. The summed E-state index contributed by atoms with van der Waals surface area (Å²) in [5, 5.41) is 7.25. The third-order valence-corrected chi connectivity index (χ3v) is 4.14. The summed E-state index contributed by atoms with van der Waals surface area (Å²) in [6.07, 6.45) is 2.86. The Bertz CT molecular complexity index is 409. The smallest absolute Gasteiger partial charge is 0.236 e. The first-order chi connectivity index (χ1) is 8.84. The van der Waals surface area contributed by atoms with Gasteiger partial charge in [0.2, 0.25) is 5.91 Å². The fourth-order valence-electron chi connectivity index (χ4n) is 1.48. The zero-order valence-electron chi connectivity index (χ0n) is 12.5. The highest BCUT2D eigenvalue weighted by Gasteiger charge is 2.18. The summed E-state index contributed by atoms with van der Waals surface area (Å²) < 4.78 is 0. The number of nitrogens with zero attached hydrogens (tertiary/aromatic N) is 1. The van der Waals surface area contributed by atoms with Gasteiger partial charge < -0.3 is 10.6 Å². The van der Waals surface area contributed by atoms with Crippen LogP contribution in [0.15, 0.2) is 6.20 Å². The molecule has 0 aliphatic rings. The molecule has 4 nitrogen and oxygen atoms in total. The SMILES string of the molecule is CCCNC(=O)C(C)NCc1cnc(C(C)(C)C)s1. The van der Waals surface area contributed by atoms with Gasteiger partial charge in [-0.2, -0.15) is 0 Å². The molecule has 0 spiro atoms. The molecule has 0 aliphatic carbocycles. The molecule has 0 radical (unpaired) electrons. The molecule has 0 aromatic carbocycles. The minimum Gasteiger partial charge on any atom is -0.355 e. The van der Waals surface area contributed by atoms with E-state index in [0.717, 1.165) is 18.0 Å². The van der Waals surface area contributed by atoms with Gasteiger partial charge in [-0.15, -0.1) is 11.3 Å². The second-order valence-corrected chi connectivity index (χ2v) is 6.89. The molecule has 1 rings (SSSR count). The molecule has 5 heteroatoms. The maximum atomic E-state index is 11.7. The summed E-state index contributed by atoms with van der Waals surface area (Å²) in [4.78, 5) is 17.3. The van der Waals surface area contributed by atoms with Crippen molar-refractivity contribution < 1.29 is 4.79 Å². The van der Waals surface area contributed by atoms with E-state index < -0.39 is 0 Å². The normalized spacial score (nSPS) is 13.3. The van der Waals surface area contributed by atoms with Gasteiger partial charge in [0.1, 0.15) is 0 Å². The summed E-state index contributed by atoms with van der Waals surface area (Å²) in [5.74, 6) is 0.0578. The summed E-state index contributed by atoms with van der Waals surface area (Å²) in [7, 11) is 0. The first-order valence-corrected chi connectivity index (χ1v) is 7.62. The summed E-state index contributed by atoms with van der Waals surface area (Å²) in [6.45, 7) is 11.8. The standard InChI is InChI=1S/C14H25N3OS/c1-6-7-15-12(18)10(2)16-8-11-9-17-13(19-11)14(3,4)5/h9-10,16H,6-8H2,1-5H3,(H,15,18). The van der Waals surface area contributed by atoms with Gasteiger partial charge in [0.25, 0.3) is 0 Å². The lowest BCUT2D eigenvalue weighted by Gasteiger charge is -2.14. The molecular formula is C14H25N3OS. The van der Waals surface area contributed by atoms with Crippen molar-refractivity contribution in [1.29, 1.82) is 0 Å². The number of rotatable bonds is 6. The Kier molecular flexibility index (Phi) is 5.94. The van der Waals surface area contributed by atoms with Gasteiger partial charge in [0, 0.05) is 29.6 Å². The Morgan fingerprint density at radius 1 is 1.47 bits per heavy atom. The number of carbonyl (C=O) groups excluding carboxylic acids is 1. The molecular weight excluding hydrogens is 258 g/mol. The van der Waals surface area contributed by atoms with Crippen LogP contribution in [-0.4, -0.2) is 23.5 Å². The first kappa shape index (κ1) is 16.1. The molecule has 1 aromatic rings. The van der Waals surface area contributed by atoms with Crippen LogP contribution >= 0.6 is 11.3 Å². The van der Waals surface area contributed by atoms with E-state index >= 15 is 0 Å². The summed E-state index contributed by atoms with van der Waals surface area (Å²) >= 11 is 1.71. The molecule has 19 heavy (non-hydrogen) atoms. The van der Waals surface area contributed by atoms with Crippen LogP contribution in [0, 0.1) is 0 Å². The predicted octanol–water partition coefficient (Wildman–Crippen LogP) is 2.44. The van der Waals surface area contributed by atoms with Crippen LogP contribution < -0.4 is 10.6 Å². The molecule has 0 saturated heterocycles. The van der Waals surface area contributed by atoms with Gasteiger partial charge in [-0.1, -0.05) is 27.7 Å². The number of hydrogen-bond donors (Lipinski definition) is 2. The Morgan fingerprint density at radius 2 is 2.16 bits per heavy atom. The van der Waals surface area contributed by atoms with Crippen LogP contribution in [0.1, 0.15) is 50.9 Å². The van der Waals surface area contributed by atoms with E-state index in [9.17, 15) is 4.79 Å². The minimum absolute atomic E-state index is 0.0578. The summed E-state index contributed by atoms with van der Waals surface area (Å²) in [5.41, 5.74) is 0.0903. The molecule has 1 heterocycles. The van der Waals surface area contributed by atoms with Gasteiger partial charge in [0.05, 0.1) is 11.0 Å². The van der Waals surface area contributed by atoms with Crippen molar-refractivity contribution >= 4 is 17.2 Å². The van der Waals surface area contributed by atoms with Gasteiger partial charge in [-0.25, -0.2) is 4.98 Å². The van der Waals surface area contributed by atoms with Crippen molar-refractivity contribution in [1.82, 2.24) is 15.6 Å². The number of amides is 1. The Labute approximate surface area is 120 Å². The van der Waals surface area contributed by atoms with Crippen molar-refractivity contribution in [2.45, 2.75) is 59.0 Å². The highest BCUT2D eigenvalue weighted by molar-refractivity contribution is 7.11. The van der Waals surface area contributed by atoms with Crippen LogP contribution in [0.25, 0.3) is 0 Å². The second-order valence-electron chi connectivity index (χ2n) is 5.78. The van der Waals surface area contributed by atoms with Crippen LogP contribution in [0.2, 0.25) is 0 Å². The largest absolute Gasteiger partial charge is 0.355 e. The maximum Gasteiger partial charge on any atom is 0.236 e. The van der Waals surface area contributed by atoms with E-state index in [1.165, 1.54) is 4.88 Å². The van der Waals surface area contributed by atoms with Gasteiger partial charge in [0.15, 0.2) is 0 Å². The third kappa shape index (κ3) is 5.28. The molecule has 0 saturated carbocycles. The molecule has 2 N–H and O–H groups in total. The van der Waals surface area contributed by atoms with E-state index in [-0.39, 0.29) is 17.4 Å². The number of hydrogen-bond acceptors (Lipinski definition) is 4. The van der Waals surface area contributed by atoms with Crippen molar-refractivity contribution in [3.8, 4) is 0 Å². The predicted molar refractivity (Wildman–Crippen MR) is 80.4 cm³/mol. The van der Waals surface area contributed by atoms with E-state index in [0.29, 0.717) is 6.54 Å². The zero-order valence-corrected chi connectivity index (χ0v) is 13.4.